The fourth-order valence-corrected chi connectivity index (χ4v) is 5.10. The molecule has 0 amide bonds. The molecule has 0 N–H and O–H groups in total. The topological polar surface area (TPSA) is 69.6 Å². The van der Waals surface area contributed by atoms with Crippen LogP contribution >= 0.6 is 0 Å². The third kappa shape index (κ3) is 3.66. The van der Waals surface area contributed by atoms with E-state index in [0.29, 0.717) is 13.1 Å². The van der Waals surface area contributed by atoms with Crippen molar-refractivity contribution >= 4 is 21.7 Å². The van der Waals surface area contributed by atoms with E-state index in [0.717, 1.165) is 55.8 Å². The predicted octanol–water partition coefficient (Wildman–Crippen LogP) is 1.87. The summed E-state index contributed by atoms with van der Waals surface area (Å²) in [6, 6.07) is 4.38. The van der Waals surface area contributed by atoms with Gasteiger partial charge in [0.1, 0.15) is 34.5 Å². The van der Waals surface area contributed by atoms with Crippen LogP contribution in [0.1, 0.15) is 12.8 Å². The van der Waals surface area contributed by atoms with Crippen molar-refractivity contribution < 1.29 is 17.2 Å². The van der Waals surface area contributed by atoms with Crippen LogP contribution in [-0.4, -0.2) is 62.0 Å². The summed E-state index contributed by atoms with van der Waals surface area (Å²) < 4.78 is 54.0. The molecule has 150 valence electrons. The number of sulfonamides is 1. The van der Waals surface area contributed by atoms with Crippen LogP contribution in [0.3, 0.4) is 0 Å². The van der Waals surface area contributed by atoms with Gasteiger partial charge in [-0.25, -0.2) is 27.2 Å². The molecule has 0 spiro atoms. The van der Waals surface area contributed by atoms with Crippen molar-refractivity contribution in [2.45, 2.75) is 17.7 Å². The number of halogens is 2. The summed E-state index contributed by atoms with van der Waals surface area (Å²) in [5.74, 6) is -0.116. The van der Waals surface area contributed by atoms with E-state index < -0.39 is 26.6 Å². The first-order valence-electron chi connectivity index (χ1n) is 9.22. The lowest BCUT2D eigenvalue weighted by atomic mass is 10.3. The molecule has 28 heavy (non-hydrogen) atoms. The van der Waals surface area contributed by atoms with Gasteiger partial charge in [-0.15, -0.1) is 0 Å². The molecule has 0 unspecified atom stereocenters. The Morgan fingerprint density at radius 1 is 0.821 bits per heavy atom. The highest BCUT2D eigenvalue weighted by Gasteiger charge is 2.31. The zero-order chi connectivity index (χ0) is 19.7. The molecule has 1 aromatic heterocycles. The second-order valence-corrected chi connectivity index (χ2v) is 8.80. The summed E-state index contributed by atoms with van der Waals surface area (Å²) >= 11 is 0. The van der Waals surface area contributed by atoms with E-state index >= 15 is 0 Å². The van der Waals surface area contributed by atoms with Gasteiger partial charge in [0.2, 0.25) is 10.0 Å². The van der Waals surface area contributed by atoms with Gasteiger partial charge in [-0.2, -0.15) is 4.31 Å². The van der Waals surface area contributed by atoms with Gasteiger partial charge in [0.15, 0.2) is 0 Å². The highest BCUT2D eigenvalue weighted by atomic mass is 32.2. The van der Waals surface area contributed by atoms with Crippen molar-refractivity contribution in [1.82, 2.24) is 14.3 Å². The first kappa shape index (κ1) is 19.0. The molecule has 1 aromatic carbocycles. The van der Waals surface area contributed by atoms with E-state index in [-0.39, 0.29) is 13.1 Å². The van der Waals surface area contributed by atoms with E-state index in [2.05, 4.69) is 14.9 Å². The number of aromatic nitrogens is 2. The molecule has 2 aromatic rings. The number of hydrogen-bond donors (Lipinski definition) is 0. The summed E-state index contributed by atoms with van der Waals surface area (Å²) in [7, 11) is -4.09. The Hall–Kier alpha value is -2.33. The van der Waals surface area contributed by atoms with Crippen LogP contribution in [0.5, 0.6) is 0 Å². The maximum absolute atomic E-state index is 13.9. The first-order valence-corrected chi connectivity index (χ1v) is 10.7. The van der Waals surface area contributed by atoms with Gasteiger partial charge >= 0.3 is 0 Å². The number of benzene rings is 1. The highest BCUT2D eigenvalue weighted by Crippen LogP contribution is 2.25. The number of nitrogens with zero attached hydrogens (tertiary/aromatic N) is 5. The molecular formula is C18H21F2N5O2S. The summed E-state index contributed by atoms with van der Waals surface area (Å²) in [6.45, 7) is 3.10. The maximum atomic E-state index is 13.9. The lowest BCUT2D eigenvalue weighted by Gasteiger charge is -2.35. The normalized spacial score (nSPS) is 18.6. The molecule has 4 rings (SSSR count). The second-order valence-electron chi connectivity index (χ2n) is 6.89. The van der Waals surface area contributed by atoms with Crippen molar-refractivity contribution in [3.8, 4) is 0 Å². The SMILES string of the molecule is O=S(=O)(c1cc(F)ccc1F)N1CCN(c2cc(N3CCCC3)ncn2)CC1. The fraction of sp³-hybridized carbons (Fsp3) is 0.444. The zero-order valence-electron chi connectivity index (χ0n) is 15.3. The largest absolute Gasteiger partial charge is 0.356 e. The van der Waals surface area contributed by atoms with Crippen molar-refractivity contribution in [2.24, 2.45) is 0 Å². The molecule has 10 heteroatoms. The average Bonchev–Trinajstić information content (AvgIpc) is 3.25. The molecule has 0 bridgehead atoms. The van der Waals surface area contributed by atoms with E-state index in [1.54, 1.807) is 0 Å². The standard InChI is InChI=1S/C18H21F2N5O2S/c19-14-3-4-15(20)16(11-14)28(26,27)25-9-7-24(8-10-25)18-12-17(21-13-22-18)23-5-1-2-6-23/h3-4,11-13H,1-2,5-10H2. The molecule has 2 fully saturated rings. The van der Waals surface area contributed by atoms with E-state index in [9.17, 15) is 17.2 Å². The first-order chi connectivity index (χ1) is 13.4. The van der Waals surface area contributed by atoms with Crippen LogP contribution in [-0.2, 0) is 10.0 Å². The summed E-state index contributed by atoms with van der Waals surface area (Å²) in [6.07, 6.45) is 3.81. The molecule has 0 aliphatic carbocycles. The Morgan fingerprint density at radius 2 is 1.43 bits per heavy atom. The Labute approximate surface area is 162 Å². The molecule has 2 aliphatic heterocycles. The highest BCUT2D eigenvalue weighted by molar-refractivity contribution is 7.89. The summed E-state index contributed by atoms with van der Waals surface area (Å²) in [5, 5.41) is 0. The van der Waals surface area contributed by atoms with Gasteiger partial charge < -0.3 is 9.80 Å². The Kier molecular flexibility index (Phi) is 5.15. The number of rotatable bonds is 4. The van der Waals surface area contributed by atoms with Gasteiger partial charge in [-0.1, -0.05) is 0 Å². The van der Waals surface area contributed by atoms with Gasteiger partial charge in [-0.05, 0) is 31.0 Å². The Balaban J connectivity index is 1.47. The van der Waals surface area contributed by atoms with Crippen molar-refractivity contribution in [3.63, 3.8) is 0 Å². The summed E-state index contributed by atoms with van der Waals surface area (Å²) in [5.41, 5.74) is 0. The van der Waals surface area contributed by atoms with Crippen molar-refractivity contribution in [2.75, 3.05) is 49.1 Å². The third-order valence-electron chi connectivity index (χ3n) is 5.14. The average molecular weight is 409 g/mol. The van der Waals surface area contributed by atoms with Gasteiger partial charge in [0.25, 0.3) is 0 Å². The minimum Gasteiger partial charge on any atom is -0.356 e. The molecule has 0 saturated carbocycles. The van der Waals surface area contributed by atoms with Crippen LogP contribution in [0.25, 0.3) is 0 Å². The zero-order valence-corrected chi connectivity index (χ0v) is 16.1. The van der Waals surface area contributed by atoms with Crippen LogP contribution in [0.15, 0.2) is 35.5 Å². The quantitative estimate of drug-likeness (QED) is 0.768. The van der Waals surface area contributed by atoms with Crippen LogP contribution in [0, 0.1) is 11.6 Å². The van der Waals surface area contributed by atoms with Gasteiger partial charge in [-0.3, -0.25) is 0 Å². The molecule has 0 atom stereocenters. The minimum absolute atomic E-state index is 0.168. The van der Waals surface area contributed by atoms with E-state index in [1.165, 1.54) is 10.6 Å². The van der Waals surface area contributed by atoms with Crippen molar-refractivity contribution in [3.05, 3.63) is 42.2 Å². The monoisotopic (exact) mass is 409 g/mol. The fourth-order valence-electron chi connectivity index (χ4n) is 3.60. The van der Waals surface area contributed by atoms with Crippen LogP contribution < -0.4 is 9.80 Å². The molecule has 3 heterocycles. The van der Waals surface area contributed by atoms with Crippen molar-refractivity contribution in [1.29, 1.82) is 0 Å². The van der Waals surface area contributed by atoms with Gasteiger partial charge in [0, 0.05) is 45.3 Å². The van der Waals surface area contributed by atoms with E-state index in [4.69, 9.17) is 0 Å². The lowest BCUT2D eigenvalue weighted by molar-refractivity contribution is 0.381. The maximum Gasteiger partial charge on any atom is 0.246 e. The number of anilines is 2. The molecule has 2 aliphatic rings. The summed E-state index contributed by atoms with van der Waals surface area (Å²) in [4.78, 5) is 12.2. The third-order valence-corrected chi connectivity index (χ3v) is 7.06. The lowest BCUT2D eigenvalue weighted by Crippen LogP contribution is -2.49. The molecule has 0 radical (unpaired) electrons. The molecular weight excluding hydrogens is 388 g/mol. The molecule has 7 nitrogen and oxygen atoms in total. The van der Waals surface area contributed by atoms with Crippen LogP contribution in [0.4, 0.5) is 20.4 Å². The van der Waals surface area contributed by atoms with Gasteiger partial charge in [0.05, 0.1) is 0 Å². The number of hydrogen-bond acceptors (Lipinski definition) is 6. The minimum atomic E-state index is -4.09. The Bertz CT molecular complexity index is 958. The Morgan fingerprint density at radius 3 is 2.07 bits per heavy atom. The predicted molar refractivity (Wildman–Crippen MR) is 101 cm³/mol. The van der Waals surface area contributed by atoms with E-state index in [1.807, 2.05) is 11.0 Å². The van der Waals surface area contributed by atoms with Crippen LogP contribution in [0.2, 0.25) is 0 Å². The number of piperazine rings is 1. The molecule has 2 saturated heterocycles. The smallest absolute Gasteiger partial charge is 0.246 e. The second kappa shape index (κ2) is 7.59.